The minimum Gasteiger partial charge on any atom is -0.465 e. The van der Waals surface area contributed by atoms with Crippen LogP contribution >= 0.6 is 11.6 Å². The Morgan fingerprint density at radius 1 is 1.19 bits per heavy atom. The van der Waals surface area contributed by atoms with Gasteiger partial charge in [-0.15, -0.1) is 0 Å². The number of hydrogen-bond donors (Lipinski definition) is 3. The second kappa shape index (κ2) is 9.90. The smallest absolute Gasteiger partial charge is 0.416 e. The van der Waals surface area contributed by atoms with E-state index in [4.69, 9.17) is 22.1 Å². The van der Waals surface area contributed by atoms with Gasteiger partial charge in [-0.05, 0) is 42.8 Å². The number of anilines is 2. The van der Waals surface area contributed by atoms with Crippen LogP contribution in [-0.4, -0.2) is 42.3 Å². The summed E-state index contributed by atoms with van der Waals surface area (Å²) in [7, 11) is 0. The summed E-state index contributed by atoms with van der Waals surface area (Å²) in [6.07, 6.45) is -3.29. The van der Waals surface area contributed by atoms with Gasteiger partial charge >= 0.3 is 18.2 Å². The molecule has 2 heterocycles. The number of amidine groups is 1. The molecular weight excluding hydrogens is 501 g/mol. The molecule has 1 atom stereocenters. The van der Waals surface area contributed by atoms with E-state index in [2.05, 4.69) is 20.7 Å². The van der Waals surface area contributed by atoms with Crippen molar-refractivity contribution < 1.29 is 27.5 Å². The van der Waals surface area contributed by atoms with E-state index in [0.717, 1.165) is 18.2 Å². The van der Waals surface area contributed by atoms with Gasteiger partial charge in [-0.2, -0.15) is 18.3 Å². The van der Waals surface area contributed by atoms with Crippen molar-refractivity contribution in [1.29, 1.82) is 0 Å². The number of halogens is 4. The summed E-state index contributed by atoms with van der Waals surface area (Å²) >= 11 is 5.93. The Kier molecular flexibility index (Phi) is 6.88. The molecular formula is C23H20ClF3N6O3. The van der Waals surface area contributed by atoms with Crippen molar-refractivity contribution in [2.24, 2.45) is 21.7 Å². The molecule has 9 nitrogen and oxygen atoms in total. The van der Waals surface area contributed by atoms with Gasteiger partial charge in [0.05, 0.1) is 29.4 Å². The summed E-state index contributed by atoms with van der Waals surface area (Å²) in [5, 5.41) is 10.5. The van der Waals surface area contributed by atoms with Crippen molar-refractivity contribution in [1.82, 2.24) is 5.01 Å². The molecule has 4 N–H and O–H groups in total. The second-order valence-electron chi connectivity index (χ2n) is 7.74. The number of carbonyl (C=O) groups excluding carboxylic acids is 2. The highest BCUT2D eigenvalue weighted by Gasteiger charge is 2.40. The highest BCUT2D eigenvalue weighted by Crippen LogP contribution is 2.38. The average molecular weight is 521 g/mol. The van der Waals surface area contributed by atoms with E-state index in [1.165, 1.54) is 6.34 Å². The van der Waals surface area contributed by atoms with Crippen molar-refractivity contribution in [2.75, 3.05) is 23.8 Å². The first-order valence-corrected chi connectivity index (χ1v) is 11.1. The molecule has 4 rings (SSSR count). The molecule has 0 spiro atoms. The van der Waals surface area contributed by atoms with Gasteiger partial charge in [-0.25, -0.2) is 9.79 Å². The summed E-state index contributed by atoms with van der Waals surface area (Å²) < 4.78 is 44.1. The van der Waals surface area contributed by atoms with Crippen LogP contribution in [0.3, 0.4) is 0 Å². The molecule has 2 aromatic carbocycles. The Balaban J connectivity index is 1.54. The number of rotatable bonds is 5. The van der Waals surface area contributed by atoms with Gasteiger partial charge in [0.15, 0.2) is 5.84 Å². The number of fused-ring (bicyclic) bond motifs is 1. The Morgan fingerprint density at radius 2 is 1.92 bits per heavy atom. The third-order valence-corrected chi connectivity index (χ3v) is 5.74. The highest BCUT2D eigenvalue weighted by atomic mass is 35.5. The predicted octanol–water partition coefficient (Wildman–Crippen LogP) is 4.52. The van der Waals surface area contributed by atoms with E-state index in [-0.39, 0.29) is 29.7 Å². The first-order valence-electron chi connectivity index (χ1n) is 10.7. The molecule has 2 aromatic rings. The molecule has 0 radical (unpaired) electrons. The third kappa shape index (κ3) is 5.13. The molecule has 2 amide bonds. The van der Waals surface area contributed by atoms with Crippen molar-refractivity contribution in [2.45, 2.75) is 13.1 Å². The molecule has 13 heteroatoms. The molecule has 36 heavy (non-hydrogen) atoms. The van der Waals surface area contributed by atoms with Gasteiger partial charge in [0.25, 0.3) is 0 Å². The van der Waals surface area contributed by atoms with Crippen LogP contribution in [0, 0.1) is 5.92 Å². The summed E-state index contributed by atoms with van der Waals surface area (Å²) in [5.41, 5.74) is 6.98. The van der Waals surface area contributed by atoms with Gasteiger partial charge in [-0.1, -0.05) is 23.7 Å². The number of aliphatic imine (C=N–C) groups is 1. The molecule has 0 fully saturated rings. The number of nitrogens with one attached hydrogen (secondary N) is 2. The van der Waals surface area contributed by atoms with Crippen LogP contribution < -0.4 is 16.4 Å². The summed E-state index contributed by atoms with van der Waals surface area (Å²) in [6, 6.07) is 8.30. The topological polar surface area (TPSA) is 121 Å². The molecule has 2 aliphatic rings. The van der Waals surface area contributed by atoms with E-state index in [1.54, 1.807) is 36.2 Å². The first kappa shape index (κ1) is 25.0. The average Bonchev–Trinajstić information content (AvgIpc) is 3.21. The molecule has 0 bridgehead atoms. The lowest BCUT2D eigenvalue weighted by Crippen LogP contribution is -2.29. The third-order valence-electron chi connectivity index (χ3n) is 5.41. The van der Waals surface area contributed by atoms with E-state index < -0.39 is 29.7 Å². The number of carbonyl (C=O) groups is 2. The zero-order valence-corrected chi connectivity index (χ0v) is 19.5. The van der Waals surface area contributed by atoms with Crippen molar-refractivity contribution in [3.63, 3.8) is 0 Å². The fourth-order valence-electron chi connectivity index (χ4n) is 3.83. The lowest BCUT2D eigenvalue weighted by molar-refractivity contribution is -0.146. The van der Waals surface area contributed by atoms with E-state index in [0.29, 0.717) is 22.5 Å². The predicted molar refractivity (Wildman–Crippen MR) is 129 cm³/mol. The van der Waals surface area contributed by atoms with Crippen LogP contribution in [0.4, 0.5) is 29.3 Å². The van der Waals surface area contributed by atoms with E-state index >= 15 is 0 Å². The van der Waals surface area contributed by atoms with Gasteiger partial charge in [0, 0.05) is 11.3 Å². The number of nitrogens with two attached hydrogens (primary N) is 1. The Labute approximate surface area is 208 Å². The van der Waals surface area contributed by atoms with Crippen molar-refractivity contribution in [3.8, 4) is 0 Å². The van der Waals surface area contributed by atoms with E-state index in [1.807, 2.05) is 0 Å². The van der Waals surface area contributed by atoms with Gasteiger partial charge in [0.2, 0.25) is 0 Å². The number of alkyl halides is 3. The summed E-state index contributed by atoms with van der Waals surface area (Å²) in [4.78, 5) is 29.0. The number of hydrazone groups is 1. The lowest BCUT2D eigenvalue weighted by Gasteiger charge is -2.18. The number of urea groups is 1. The fourth-order valence-corrected chi connectivity index (χ4v) is 4.00. The minimum absolute atomic E-state index is 0.0490. The SMILES string of the molecule is CCOC(=O)C1CN2N=CN=C(N)C2=C1c1ccc(NC(=O)Nc2cc(C(F)(F)F)ccc2Cl)cc1. The minimum atomic E-state index is -4.59. The van der Waals surface area contributed by atoms with Crippen LogP contribution in [0.25, 0.3) is 5.57 Å². The monoisotopic (exact) mass is 520 g/mol. The van der Waals surface area contributed by atoms with Crippen LogP contribution in [-0.2, 0) is 15.7 Å². The highest BCUT2D eigenvalue weighted by molar-refractivity contribution is 6.33. The Hall–Kier alpha value is -4.06. The standard InChI is InChI=1S/C23H20ClF3N6O3/c1-2-36-21(34)15-10-33-19(20(28)29-11-30-33)18(15)12-3-6-14(7-4-12)31-22(35)32-17-9-13(23(25,26)27)5-8-16(17)24/h3-9,11,15H,2,10H2,1H3,(H2,28,29,30)(H2,31,32,35). The van der Waals surface area contributed by atoms with Crippen LogP contribution in [0.2, 0.25) is 5.02 Å². The van der Waals surface area contributed by atoms with Crippen LogP contribution in [0.5, 0.6) is 0 Å². The van der Waals surface area contributed by atoms with E-state index in [9.17, 15) is 22.8 Å². The van der Waals surface area contributed by atoms with Gasteiger partial charge < -0.3 is 21.1 Å². The van der Waals surface area contributed by atoms with Crippen molar-refractivity contribution >= 4 is 52.7 Å². The van der Waals surface area contributed by atoms with Crippen molar-refractivity contribution in [3.05, 3.63) is 64.3 Å². The maximum absolute atomic E-state index is 13.0. The molecule has 1 unspecified atom stereocenters. The normalized spacial score (nSPS) is 17.0. The fraction of sp³-hybridized carbons (Fsp3) is 0.217. The Morgan fingerprint density at radius 3 is 2.58 bits per heavy atom. The molecule has 188 valence electrons. The van der Waals surface area contributed by atoms with Gasteiger partial charge in [0.1, 0.15) is 18.0 Å². The van der Waals surface area contributed by atoms with Gasteiger partial charge in [-0.3, -0.25) is 9.80 Å². The molecule has 0 saturated heterocycles. The van der Waals surface area contributed by atoms with Crippen LogP contribution in [0.15, 0.2) is 58.3 Å². The van der Waals surface area contributed by atoms with Crippen LogP contribution in [0.1, 0.15) is 18.1 Å². The molecule has 0 aromatic heterocycles. The summed E-state index contributed by atoms with van der Waals surface area (Å²) in [6.45, 7) is 2.15. The zero-order chi connectivity index (χ0) is 26.0. The number of esters is 1. The molecule has 0 aliphatic carbocycles. The second-order valence-corrected chi connectivity index (χ2v) is 8.15. The maximum Gasteiger partial charge on any atom is 0.416 e. The quantitative estimate of drug-likeness (QED) is 0.500. The number of amides is 2. The number of nitrogens with zero attached hydrogens (tertiary/aromatic N) is 3. The molecule has 0 saturated carbocycles. The summed E-state index contributed by atoms with van der Waals surface area (Å²) in [5.74, 6) is -0.891. The molecule has 2 aliphatic heterocycles. The number of benzene rings is 2. The number of hydrogen-bond acceptors (Lipinski definition) is 7. The Bertz CT molecular complexity index is 1290. The first-order chi connectivity index (χ1) is 17.1. The largest absolute Gasteiger partial charge is 0.465 e. The zero-order valence-electron chi connectivity index (χ0n) is 18.8. The maximum atomic E-state index is 13.0. The number of ether oxygens (including phenoxy) is 1. The lowest BCUT2D eigenvalue weighted by atomic mass is 9.93.